The largest absolute Gasteiger partial charge is 0.497 e. The van der Waals surface area contributed by atoms with E-state index in [0.717, 1.165) is 17.1 Å². The predicted molar refractivity (Wildman–Crippen MR) is 72.2 cm³/mol. The third-order valence-electron chi connectivity index (χ3n) is 3.10. The van der Waals surface area contributed by atoms with E-state index in [1.165, 1.54) is 0 Å². The molecule has 1 rings (SSSR count). The minimum atomic E-state index is -0.260. The normalized spacial score (nSPS) is 13.2. The topological polar surface area (TPSA) is 53.7 Å². The van der Waals surface area contributed by atoms with Crippen molar-refractivity contribution in [2.45, 2.75) is 31.9 Å². The highest BCUT2D eigenvalue weighted by Gasteiger charge is 2.23. The lowest BCUT2D eigenvalue weighted by atomic mass is 9.93. The monoisotopic (exact) mass is 253 g/mol. The van der Waals surface area contributed by atoms with Crippen molar-refractivity contribution in [2.75, 3.05) is 21.3 Å². The summed E-state index contributed by atoms with van der Waals surface area (Å²) in [6, 6.07) is 5.53. The van der Waals surface area contributed by atoms with Crippen LogP contribution in [0.15, 0.2) is 18.2 Å². The molecule has 1 aromatic carbocycles. The fraction of sp³-hybridized carbons (Fsp3) is 0.571. The van der Waals surface area contributed by atoms with E-state index in [9.17, 15) is 0 Å². The highest BCUT2D eigenvalue weighted by molar-refractivity contribution is 5.42. The number of benzene rings is 1. The van der Waals surface area contributed by atoms with E-state index in [4.69, 9.17) is 19.9 Å². The number of rotatable bonds is 6. The molecule has 0 aliphatic heterocycles. The first-order chi connectivity index (χ1) is 8.43. The Labute approximate surface area is 109 Å². The van der Waals surface area contributed by atoms with Gasteiger partial charge in [0.05, 0.1) is 19.8 Å². The Morgan fingerprint density at radius 2 is 1.83 bits per heavy atom. The maximum absolute atomic E-state index is 6.22. The van der Waals surface area contributed by atoms with Gasteiger partial charge in [0.15, 0.2) is 0 Å². The summed E-state index contributed by atoms with van der Waals surface area (Å²) >= 11 is 0. The van der Waals surface area contributed by atoms with E-state index >= 15 is 0 Å². The fourth-order valence-corrected chi connectivity index (χ4v) is 1.85. The van der Waals surface area contributed by atoms with Crippen LogP contribution >= 0.6 is 0 Å². The van der Waals surface area contributed by atoms with E-state index in [1.807, 2.05) is 32.0 Å². The summed E-state index contributed by atoms with van der Waals surface area (Å²) in [6.07, 6.45) is 0.714. The van der Waals surface area contributed by atoms with Gasteiger partial charge in [0, 0.05) is 24.8 Å². The van der Waals surface area contributed by atoms with Crippen LogP contribution in [-0.4, -0.2) is 26.9 Å². The van der Waals surface area contributed by atoms with Crippen LogP contribution in [0, 0.1) is 0 Å². The Bertz CT molecular complexity index is 391. The third-order valence-corrected chi connectivity index (χ3v) is 3.10. The first-order valence-corrected chi connectivity index (χ1v) is 5.96. The van der Waals surface area contributed by atoms with Crippen LogP contribution in [0.5, 0.6) is 11.5 Å². The van der Waals surface area contributed by atoms with Gasteiger partial charge in [-0.15, -0.1) is 0 Å². The second-order valence-electron chi connectivity index (χ2n) is 4.88. The fourth-order valence-electron chi connectivity index (χ4n) is 1.85. The van der Waals surface area contributed by atoms with Crippen molar-refractivity contribution in [1.82, 2.24) is 0 Å². The van der Waals surface area contributed by atoms with Gasteiger partial charge < -0.3 is 19.9 Å². The standard InChI is InChI=1S/C14H23NO3/c1-14(2,18-5)9-12(15)11-7-6-10(16-3)8-13(11)17-4/h6-8,12H,9,15H2,1-5H3. The zero-order valence-corrected chi connectivity index (χ0v) is 11.8. The van der Waals surface area contributed by atoms with E-state index in [1.54, 1.807) is 21.3 Å². The summed E-state index contributed by atoms with van der Waals surface area (Å²) in [5, 5.41) is 0. The van der Waals surface area contributed by atoms with Crippen LogP contribution < -0.4 is 15.2 Å². The van der Waals surface area contributed by atoms with Gasteiger partial charge in [-0.25, -0.2) is 0 Å². The Morgan fingerprint density at radius 1 is 1.17 bits per heavy atom. The molecule has 4 nitrogen and oxygen atoms in total. The van der Waals surface area contributed by atoms with Crippen molar-refractivity contribution in [1.29, 1.82) is 0 Å². The molecule has 1 unspecified atom stereocenters. The first kappa shape index (κ1) is 14.8. The Balaban J connectivity index is 2.94. The summed E-state index contributed by atoms with van der Waals surface area (Å²) in [5.74, 6) is 1.50. The van der Waals surface area contributed by atoms with Crippen LogP contribution in [0.1, 0.15) is 31.9 Å². The summed E-state index contributed by atoms with van der Waals surface area (Å²) in [4.78, 5) is 0. The number of methoxy groups -OCH3 is 3. The van der Waals surface area contributed by atoms with E-state index < -0.39 is 0 Å². The number of ether oxygens (including phenoxy) is 3. The Hall–Kier alpha value is -1.26. The molecule has 0 heterocycles. The summed E-state index contributed by atoms with van der Waals surface area (Å²) < 4.78 is 15.9. The molecule has 1 aromatic rings. The van der Waals surface area contributed by atoms with Crippen molar-refractivity contribution < 1.29 is 14.2 Å². The average Bonchev–Trinajstić information content (AvgIpc) is 2.37. The molecular formula is C14H23NO3. The molecular weight excluding hydrogens is 230 g/mol. The number of hydrogen-bond acceptors (Lipinski definition) is 4. The number of nitrogens with two attached hydrogens (primary N) is 1. The van der Waals surface area contributed by atoms with Crippen LogP contribution in [0.25, 0.3) is 0 Å². The average molecular weight is 253 g/mol. The molecule has 0 bridgehead atoms. The minimum absolute atomic E-state index is 0.138. The molecule has 0 aromatic heterocycles. The van der Waals surface area contributed by atoms with Gasteiger partial charge in [0.1, 0.15) is 11.5 Å². The molecule has 1 atom stereocenters. The number of hydrogen-bond donors (Lipinski definition) is 1. The SMILES string of the molecule is COc1ccc(C(N)CC(C)(C)OC)c(OC)c1. The third kappa shape index (κ3) is 3.62. The second kappa shape index (κ2) is 6.07. The van der Waals surface area contributed by atoms with Crippen LogP contribution in [-0.2, 0) is 4.74 Å². The molecule has 18 heavy (non-hydrogen) atoms. The quantitative estimate of drug-likeness (QED) is 0.846. The van der Waals surface area contributed by atoms with Crippen LogP contribution in [0.4, 0.5) is 0 Å². The molecule has 0 saturated carbocycles. The van der Waals surface area contributed by atoms with Gasteiger partial charge in [-0.05, 0) is 26.3 Å². The summed E-state index contributed by atoms with van der Waals surface area (Å²) in [5.41, 5.74) is 6.93. The Morgan fingerprint density at radius 3 is 2.33 bits per heavy atom. The lowest BCUT2D eigenvalue weighted by molar-refractivity contribution is 0.00981. The molecule has 0 aliphatic carbocycles. The van der Waals surface area contributed by atoms with Gasteiger partial charge in [-0.1, -0.05) is 6.07 Å². The molecule has 0 spiro atoms. The second-order valence-corrected chi connectivity index (χ2v) is 4.88. The van der Waals surface area contributed by atoms with Crippen molar-refractivity contribution in [3.8, 4) is 11.5 Å². The van der Waals surface area contributed by atoms with Crippen molar-refractivity contribution in [3.63, 3.8) is 0 Å². The molecule has 102 valence electrons. The first-order valence-electron chi connectivity index (χ1n) is 5.96. The maximum atomic E-state index is 6.22. The smallest absolute Gasteiger partial charge is 0.127 e. The van der Waals surface area contributed by atoms with Gasteiger partial charge in [0.2, 0.25) is 0 Å². The van der Waals surface area contributed by atoms with E-state index in [2.05, 4.69) is 0 Å². The zero-order chi connectivity index (χ0) is 13.8. The molecule has 0 amide bonds. The lowest BCUT2D eigenvalue weighted by Gasteiger charge is -2.27. The van der Waals surface area contributed by atoms with Crippen molar-refractivity contribution in [3.05, 3.63) is 23.8 Å². The van der Waals surface area contributed by atoms with Gasteiger partial charge in [-0.2, -0.15) is 0 Å². The van der Waals surface area contributed by atoms with Crippen molar-refractivity contribution >= 4 is 0 Å². The summed E-state index contributed by atoms with van der Waals surface area (Å²) in [7, 11) is 4.95. The van der Waals surface area contributed by atoms with Crippen LogP contribution in [0.3, 0.4) is 0 Å². The highest BCUT2D eigenvalue weighted by Crippen LogP contribution is 2.32. The van der Waals surface area contributed by atoms with Gasteiger partial charge >= 0.3 is 0 Å². The molecule has 2 N–H and O–H groups in total. The predicted octanol–water partition coefficient (Wildman–Crippen LogP) is 2.52. The van der Waals surface area contributed by atoms with Gasteiger partial charge in [0.25, 0.3) is 0 Å². The maximum Gasteiger partial charge on any atom is 0.127 e. The molecule has 0 radical (unpaired) electrons. The lowest BCUT2D eigenvalue weighted by Crippen LogP contribution is -2.28. The van der Waals surface area contributed by atoms with Crippen molar-refractivity contribution in [2.24, 2.45) is 5.73 Å². The van der Waals surface area contributed by atoms with E-state index in [-0.39, 0.29) is 11.6 Å². The summed E-state index contributed by atoms with van der Waals surface area (Å²) in [6.45, 7) is 4.03. The van der Waals surface area contributed by atoms with E-state index in [0.29, 0.717) is 6.42 Å². The highest BCUT2D eigenvalue weighted by atomic mass is 16.5. The zero-order valence-electron chi connectivity index (χ0n) is 11.8. The molecule has 4 heteroatoms. The Kier molecular flexibility index (Phi) is 4.99. The molecule has 0 fully saturated rings. The van der Waals surface area contributed by atoms with Gasteiger partial charge in [-0.3, -0.25) is 0 Å². The van der Waals surface area contributed by atoms with Crippen LogP contribution in [0.2, 0.25) is 0 Å². The minimum Gasteiger partial charge on any atom is -0.497 e. The molecule has 0 aliphatic rings. The molecule has 0 saturated heterocycles.